The maximum atomic E-state index is 12.2. The lowest BCUT2D eigenvalue weighted by Crippen LogP contribution is -2.14. The smallest absolute Gasteiger partial charge is 0.377 e. The highest BCUT2D eigenvalue weighted by molar-refractivity contribution is 6.40. The molecule has 14 heavy (non-hydrogen) atoms. The predicted octanol–water partition coefficient (Wildman–Crippen LogP) is 1.73. The molecule has 1 aromatic rings. The number of alkyl halides is 1. The number of hydrogen-bond acceptors (Lipinski definition) is 2. The lowest BCUT2D eigenvalue weighted by atomic mass is 10.0. The first-order chi connectivity index (χ1) is 6.56. The van der Waals surface area contributed by atoms with Crippen molar-refractivity contribution in [2.75, 3.05) is 0 Å². The monoisotopic (exact) mass is 196 g/mol. The minimum atomic E-state index is -1.52. The molecule has 0 saturated heterocycles. The van der Waals surface area contributed by atoms with Gasteiger partial charge in [-0.3, -0.25) is 4.79 Å². The number of ketones is 1. The largest absolute Gasteiger partial charge is 0.475 e. The Labute approximate surface area is 80.2 Å². The summed E-state index contributed by atoms with van der Waals surface area (Å²) in [5, 5.41) is 8.48. The van der Waals surface area contributed by atoms with Crippen LogP contribution in [-0.4, -0.2) is 16.9 Å². The number of carbonyl (C=O) groups is 2. The number of Topliss-reactive ketones (excluding diaryl/α,β-unsaturated/α-hetero) is 1. The van der Waals surface area contributed by atoms with Gasteiger partial charge in [0.25, 0.3) is 5.78 Å². The van der Waals surface area contributed by atoms with Gasteiger partial charge in [0, 0.05) is 5.56 Å². The van der Waals surface area contributed by atoms with E-state index in [0.29, 0.717) is 11.1 Å². The van der Waals surface area contributed by atoms with E-state index in [1.54, 1.807) is 6.92 Å². The van der Waals surface area contributed by atoms with E-state index < -0.39 is 18.4 Å². The van der Waals surface area contributed by atoms with Gasteiger partial charge in [0.15, 0.2) is 0 Å². The highest BCUT2D eigenvalue weighted by Gasteiger charge is 2.16. The Hall–Kier alpha value is -1.71. The molecule has 0 unspecified atom stereocenters. The number of carbonyl (C=O) groups excluding carboxylic acids is 1. The number of carboxylic acids is 1. The number of aliphatic carboxylic acids is 1. The molecule has 0 bridgehead atoms. The third-order valence-corrected chi connectivity index (χ3v) is 1.90. The standard InChI is InChI=1S/C10H9FO3/c1-6-2-3-7(5-11)4-8(6)9(12)10(13)14/h2-4H,5H2,1H3,(H,13,14). The molecular formula is C10H9FO3. The third-order valence-electron chi connectivity index (χ3n) is 1.90. The summed E-state index contributed by atoms with van der Waals surface area (Å²) in [4.78, 5) is 21.5. The van der Waals surface area contributed by atoms with Crippen molar-refractivity contribution in [2.24, 2.45) is 0 Å². The van der Waals surface area contributed by atoms with Gasteiger partial charge in [-0.15, -0.1) is 0 Å². The zero-order chi connectivity index (χ0) is 10.7. The molecule has 0 aliphatic rings. The number of aryl methyl sites for hydroxylation is 1. The van der Waals surface area contributed by atoms with Gasteiger partial charge >= 0.3 is 5.97 Å². The van der Waals surface area contributed by atoms with Gasteiger partial charge in [-0.05, 0) is 24.1 Å². The number of carboxylic acid groups (broad SMARTS) is 1. The first kappa shape index (κ1) is 10.4. The van der Waals surface area contributed by atoms with Crippen molar-refractivity contribution in [3.8, 4) is 0 Å². The number of halogens is 1. The van der Waals surface area contributed by atoms with Crippen LogP contribution in [0.1, 0.15) is 21.5 Å². The molecule has 1 N–H and O–H groups in total. The minimum Gasteiger partial charge on any atom is -0.475 e. The molecule has 0 fully saturated rings. The first-order valence-corrected chi connectivity index (χ1v) is 3.99. The van der Waals surface area contributed by atoms with Gasteiger partial charge in [-0.25, -0.2) is 9.18 Å². The Balaban J connectivity index is 3.19. The summed E-state index contributed by atoms with van der Waals surface area (Å²) in [6.45, 7) is 0.901. The van der Waals surface area contributed by atoms with Gasteiger partial charge in [-0.1, -0.05) is 12.1 Å². The van der Waals surface area contributed by atoms with E-state index in [1.165, 1.54) is 18.2 Å². The molecule has 0 radical (unpaired) electrons. The van der Waals surface area contributed by atoms with Gasteiger partial charge in [0.1, 0.15) is 6.67 Å². The Kier molecular flexibility index (Phi) is 2.96. The molecule has 1 aromatic carbocycles. The van der Waals surface area contributed by atoms with Gasteiger partial charge < -0.3 is 5.11 Å². The molecule has 0 spiro atoms. The van der Waals surface area contributed by atoms with Crippen LogP contribution in [-0.2, 0) is 11.5 Å². The molecule has 74 valence electrons. The van der Waals surface area contributed by atoms with Crippen LogP contribution < -0.4 is 0 Å². The lowest BCUT2D eigenvalue weighted by Gasteiger charge is -2.03. The fourth-order valence-electron chi connectivity index (χ4n) is 1.11. The van der Waals surface area contributed by atoms with Crippen molar-refractivity contribution >= 4 is 11.8 Å². The van der Waals surface area contributed by atoms with Crippen molar-refractivity contribution in [1.82, 2.24) is 0 Å². The van der Waals surface area contributed by atoms with E-state index in [1.807, 2.05) is 0 Å². The predicted molar refractivity (Wildman–Crippen MR) is 48.0 cm³/mol. The molecule has 0 atom stereocenters. The molecule has 0 amide bonds. The lowest BCUT2D eigenvalue weighted by molar-refractivity contribution is -0.131. The Bertz CT molecular complexity index is 385. The summed E-state index contributed by atoms with van der Waals surface area (Å²) in [6.07, 6.45) is 0. The maximum absolute atomic E-state index is 12.2. The second kappa shape index (κ2) is 4.00. The number of benzene rings is 1. The molecular weight excluding hydrogens is 187 g/mol. The van der Waals surface area contributed by atoms with Crippen LogP contribution in [0.15, 0.2) is 18.2 Å². The summed E-state index contributed by atoms with van der Waals surface area (Å²) in [5.41, 5.74) is 0.891. The van der Waals surface area contributed by atoms with Crippen LogP contribution in [0.3, 0.4) is 0 Å². The topological polar surface area (TPSA) is 54.4 Å². The van der Waals surface area contributed by atoms with Crippen molar-refractivity contribution in [3.63, 3.8) is 0 Å². The highest BCUT2D eigenvalue weighted by Crippen LogP contribution is 2.13. The SMILES string of the molecule is Cc1ccc(CF)cc1C(=O)C(=O)O. The van der Waals surface area contributed by atoms with Gasteiger partial charge in [-0.2, -0.15) is 0 Å². The van der Waals surface area contributed by atoms with Crippen LogP contribution in [0.5, 0.6) is 0 Å². The summed E-state index contributed by atoms with van der Waals surface area (Å²) in [7, 11) is 0. The van der Waals surface area contributed by atoms with Gasteiger partial charge in [0.2, 0.25) is 0 Å². The second-order valence-corrected chi connectivity index (χ2v) is 2.92. The van der Waals surface area contributed by atoms with Crippen LogP contribution >= 0.6 is 0 Å². The van der Waals surface area contributed by atoms with E-state index >= 15 is 0 Å². The molecule has 0 saturated carbocycles. The van der Waals surface area contributed by atoms with Crippen LogP contribution in [0.2, 0.25) is 0 Å². The third kappa shape index (κ3) is 1.96. The maximum Gasteiger partial charge on any atom is 0.377 e. The molecule has 0 heterocycles. The molecule has 0 aliphatic heterocycles. The fourth-order valence-corrected chi connectivity index (χ4v) is 1.11. The Morgan fingerprint density at radius 1 is 1.43 bits per heavy atom. The van der Waals surface area contributed by atoms with Crippen LogP contribution in [0.4, 0.5) is 4.39 Å². The van der Waals surface area contributed by atoms with Crippen molar-refractivity contribution in [2.45, 2.75) is 13.6 Å². The second-order valence-electron chi connectivity index (χ2n) is 2.92. The van der Waals surface area contributed by atoms with E-state index in [0.717, 1.165) is 0 Å². The quantitative estimate of drug-likeness (QED) is 0.591. The van der Waals surface area contributed by atoms with E-state index in [4.69, 9.17) is 5.11 Å². The summed E-state index contributed by atoms with van der Waals surface area (Å²) in [5.74, 6) is -2.53. The van der Waals surface area contributed by atoms with E-state index in [2.05, 4.69) is 0 Å². The molecule has 0 aliphatic carbocycles. The fraction of sp³-hybridized carbons (Fsp3) is 0.200. The first-order valence-electron chi connectivity index (χ1n) is 3.99. The number of hydrogen-bond donors (Lipinski definition) is 1. The molecule has 4 heteroatoms. The summed E-state index contributed by atoms with van der Waals surface area (Å²) >= 11 is 0. The average Bonchev–Trinajstić information content (AvgIpc) is 2.17. The van der Waals surface area contributed by atoms with Crippen LogP contribution in [0.25, 0.3) is 0 Å². The summed E-state index contributed by atoms with van der Waals surface area (Å²) < 4.78 is 12.2. The summed E-state index contributed by atoms with van der Waals surface area (Å²) in [6, 6.07) is 4.32. The normalized spacial score (nSPS) is 9.86. The Morgan fingerprint density at radius 2 is 2.07 bits per heavy atom. The van der Waals surface area contributed by atoms with Crippen LogP contribution in [0, 0.1) is 6.92 Å². The zero-order valence-corrected chi connectivity index (χ0v) is 7.58. The van der Waals surface area contributed by atoms with Crippen molar-refractivity contribution in [1.29, 1.82) is 0 Å². The number of rotatable bonds is 3. The molecule has 1 rings (SSSR count). The Morgan fingerprint density at radius 3 is 2.57 bits per heavy atom. The van der Waals surface area contributed by atoms with E-state index in [-0.39, 0.29) is 5.56 Å². The van der Waals surface area contributed by atoms with Crippen molar-refractivity contribution < 1.29 is 19.1 Å². The minimum absolute atomic E-state index is 0.0488. The molecule has 0 aromatic heterocycles. The van der Waals surface area contributed by atoms with Gasteiger partial charge in [0.05, 0.1) is 0 Å². The highest BCUT2D eigenvalue weighted by atomic mass is 19.1. The zero-order valence-electron chi connectivity index (χ0n) is 7.58. The van der Waals surface area contributed by atoms with E-state index in [9.17, 15) is 14.0 Å². The van der Waals surface area contributed by atoms with Crippen molar-refractivity contribution in [3.05, 3.63) is 34.9 Å². The average molecular weight is 196 g/mol. The molecule has 3 nitrogen and oxygen atoms in total.